The lowest BCUT2D eigenvalue weighted by Crippen LogP contribution is -2.39. The summed E-state index contributed by atoms with van der Waals surface area (Å²) in [5.41, 5.74) is 2.86. The third kappa shape index (κ3) is 4.31. The molecule has 0 radical (unpaired) electrons. The van der Waals surface area contributed by atoms with E-state index in [1.807, 2.05) is 65.6 Å². The smallest absolute Gasteiger partial charge is 0.264 e. The zero-order valence-electron chi connectivity index (χ0n) is 16.8. The number of hydrogen-bond acceptors (Lipinski definition) is 4. The molecule has 0 aliphatic carbocycles. The number of carbonyl (C=O) groups excluding carboxylic acids is 1. The zero-order chi connectivity index (χ0) is 19.9. The van der Waals surface area contributed by atoms with Gasteiger partial charge in [0, 0.05) is 24.3 Å². The summed E-state index contributed by atoms with van der Waals surface area (Å²) in [6.07, 6.45) is 0. The van der Waals surface area contributed by atoms with Crippen LogP contribution in [0.5, 0.6) is 0 Å². The highest BCUT2D eigenvalue weighted by atomic mass is 16.5. The number of anilines is 1. The molecule has 0 N–H and O–H groups in total. The van der Waals surface area contributed by atoms with E-state index in [-0.39, 0.29) is 5.91 Å². The number of benzene rings is 2. The van der Waals surface area contributed by atoms with Crippen molar-refractivity contribution in [2.75, 3.05) is 31.1 Å². The molecule has 0 aliphatic rings. The maximum Gasteiger partial charge on any atom is 0.264 e. The van der Waals surface area contributed by atoms with Crippen molar-refractivity contribution >= 4 is 11.6 Å². The fraction of sp³-hybridized carbons (Fsp3) is 0.304. The molecule has 0 spiro atoms. The summed E-state index contributed by atoms with van der Waals surface area (Å²) in [6, 6.07) is 19.5. The Hall–Kier alpha value is -2.92. The lowest BCUT2D eigenvalue weighted by Gasteiger charge is -2.26. The summed E-state index contributed by atoms with van der Waals surface area (Å²) in [7, 11) is 0. The van der Waals surface area contributed by atoms with Crippen molar-refractivity contribution in [2.24, 2.45) is 0 Å². The molecule has 28 heavy (non-hydrogen) atoms. The van der Waals surface area contributed by atoms with E-state index >= 15 is 0 Å². The van der Waals surface area contributed by atoms with Gasteiger partial charge in [0.25, 0.3) is 5.91 Å². The van der Waals surface area contributed by atoms with E-state index in [2.05, 4.69) is 23.9 Å². The van der Waals surface area contributed by atoms with Gasteiger partial charge in [-0.15, -0.1) is 0 Å². The molecule has 0 saturated heterocycles. The van der Waals surface area contributed by atoms with Crippen molar-refractivity contribution in [3.05, 3.63) is 72.0 Å². The molecular formula is C23H27N3O2. The Bertz CT molecular complexity index is 887. The Kier molecular flexibility index (Phi) is 6.61. The van der Waals surface area contributed by atoms with Gasteiger partial charge in [0.2, 0.25) is 0 Å². The number of aryl methyl sites for hydroxylation is 1. The van der Waals surface area contributed by atoms with Gasteiger partial charge < -0.3 is 14.3 Å². The van der Waals surface area contributed by atoms with Crippen LogP contribution in [0.3, 0.4) is 0 Å². The van der Waals surface area contributed by atoms with Crippen LogP contribution >= 0.6 is 0 Å². The number of likely N-dealkylation sites (N-methyl/N-ethyl adjacent to an activating group) is 1. The van der Waals surface area contributed by atoms with E-state index < -0.39 is 0 Å². The van der Waals surface area contributed by atoms with Gasteiger partial charge >= 0.3 is 0 Å². The molecule has 0 aliphatic heterocycles. The van der Waals surface area contributed by atoms with Gasteiger partial charge in [-0.2, -0.15) is 0 Å². The van der Waals surface area contributed by atoms with E-state index in [4.69, 9.17) is 4.52 Å². The van der Waals surface area contributed by atoms with Crippen molar-refractivity contribution < 1.29 is 9.32 Å². The van der Waals surface area contributed by atoms with Gasteiger partial charge in [0.1, 0.15) is 17.0 Å². The van der Waals surface area contributed by atoms with Crippen LogP contribution in [-0.2, 0) is 0 Å². The lowest BCUT2D eigenvalue weighted by atomic mass is 10.0. The Morgan fingerprint density at radius 1 is 0.929 bits per heavy atom. The summed E-state index contributed by atoms with van der Waals surface area (Å²) in [5, 5.41) is 4.18. The van der Waals surface area contributed by atoms with Crippen molar-refractivity contribution in [3.8, 4) is 11.3 Å². The minimum atomic E-state index is -0.0871. The molecule has 3 rings (SSSR count). The topological polar surface area (TPSA) is 49.6 Å². The third-order valence-corrected chi connectivity index (χ3v) is 4.97. The molecule has 2 aromatic carbocycles. The molecule has 1 heterocycles. The molecule has 146 valence electrons. The second kappa shape index (κ2) is 9.33. The first kappa shape index (κ1) is 19.8. The highest BCUT2D eigenvalue weighted by Gasteiger charge is 2.27. The van der Waals surface area contributed by atoms with E-state index in [0.29, 0.717) is 23.6 Å². The van der Waals surface area contributed by atoms with Crippen LogP contribution < -0.4 is 4.90 Å². The van der Waals surface area contributed by atoms with E-state index in [1.54, 1.807) is 6.92 Å². The number of amides is 1. The number of nitrogens with zero attached hydrogens (tertiary/aromatic N) is 3. The van der Waals surface area contributed by atoms with Gasteiger partial charge in [-0.25, -0.2) is 0 Å². The molecule has 1 amide bonds. The normalized spacial score (nSPS) is 11.0. The van der Waals surface area contributed by atoms with Crippen LogP contribution in [0.25, 0.3) is 11.3 Å². The average Bonchev–Trinajstić information content (AvgIpc) is 3.13. The summed E-state index contributed by atoms with van der Waals surface area (Å²) < 4.78 is 5.42. The second-order valence-electron chi connectivity index (χ2n) is 6.65. The van der Waals surface area contributed by atoms with E-state index in [9.17, 15) is 4.79 Å². The molecule has 0 saturated carbocycles. The van der Waals surface area contributed by atoms with E-state index in [1.165, 1.54) is 0 Å². The highest BCUT2D eigenvalue weighted by molar-refractivity contribution is 6.10. The molecule has 5 nitrogen and oxygen atoms in total. The molecule has 3 aromatic rings. The molecule has 0 unspecified atom stereocenters. The van der Waals surface area contributed by atoms with E-state index in [0.717, 1.165) is 30.9 Å². The SMILES string of the molecule is CCN(CC)CCN(C(=O)c1c(-c2ccccc2)noc1C)c1ccccc1. The summed E-state index contributed by atoms with van der Waals surface area (Å²) in [4.78, 5) is 17.7. The Labute approximate surface area is 166 Å². The summed E-state index contributed by atoms with van der Waals surface area (Å²) >= 11 is 0. The first-order valence-electron chi connectivity index (χ1n) is 9.76. The molecule has 0 fully saturated rings. The molecule has 0 atom stereocenters. The molecule has 1 aromatic heterocycles. The second-order valence-corrected chi connectivity index (χ2v) is 6.65. The largest absolute Gasteiger partial charge is 0.360 e. The summed E-state index contributed by atoms with van der Waals surface area (Å²) in [6.45, 7) is 9.37. The minimum absolute atomic E-state index is 0.0871. The fourth-order valence-corrected chi connectivity index (χ4v) is 3.29. The quantitative estimate of drug-likeness (QED) is 0.574. The average molecular weight is 377 g/mol. The maximum atomic E-state index is 13.6. The number of para-hydroxylation sites is 1. The number of hydrogen-bond donors (Lipinski definition) is 0. The van der Waals surface area contributed by atoms with Crippen molar-refractivity contribution in [1.29, 1.82) is 0 Å². The van der Waals surface area contributed by atoms with Crippen LogP contribution in [0.15, 0.2) is 65.2 Å². The van der Waals surface area contributed by atoms with Crippen molar-refractivity contribution in [2.45, 2.75) is 20.8 Å². The van der Waals surface area contributed by atoms with Crippen LogP contribution in [0, 0.1) is 6.92 Å². The van der Waals surface area contributed by atoms with Crippen LogP contribution in [0.1, 0.15) is 30.0 Å². The first-order valence-corrected chi connectivity index (χ1v) is 9.76. The molecule has 5 heteroatoms. The van der Waals surface area contributed by atoms with Gasteiger partial charge in [0.15, 0.2) is 0 Å². The number of rotatable bonds is 8. The van der Waals surface area contributed by atoms with Gasteiger partial charge in [-0.3, -0.25) is 4.79 Å². The summed E-state index contributed by atoms with van der Waals surface area (Å²) in [5.74, 6) is 0.448. The maximum absolute atomic E-state index is 13.6. The number of carbonyl (C=O) groups is 1. The monoisotopic (exact) mass is 377 g/mol. The fourth-order valence-electron chi connectivity index (χ4n) is 3.29. The van der Waals surface area contributed by atoms with Crippen molar-refractivity contribution in [3.63, 3.8) is 0 Å². The van der Waals surface area contributed by atoms with Crippen LogP contribution in [0.4, 0.5) is 5.69 Å². The van der Waals surface area contributed by atoms with Crippen LogP contribution in [0.2, 0.25) is 0 Å². The third-order valence-electron chi connectivity index (χ3n) is 4.97. The predicted octanol–water partition coefficient (Wildman–Crippen LogP) is 4.64. The lowest BCUT2D eigenvalue weighted by molar-refractivity contribution is 0.0983. The van der Waals surface area contributed by atoms with Crippen LogP contribution in [-0.4, -0.2) is 42.1 Å². The molecule has 0 bridgehead atoms. The zero-order valence-corrected chi connectivity index (χ0v) is 16.8. The Morgan fingerprint density at radius 2 is 1.54 bits per heavy atom. The predicted molar refractivity (Wildman–Crippen MR) is 113 cm³/mol. The number of aromatic nitrogens is 1. The Balaban J connectivity index is 1.97. The van der Waals surface area contributed by atoms with Crippen molar-refractivity contribution in [1.82, 2.24) is 10.1 Å². The highest BCUT2D eigenvalue weighted by Crippen LogP contribution is 2.28. The first-order chi connectivity index (χ1) is 13.7. The minimum Gasteiger partial charge on any atom is -0.360 e. The standard InChI is InChI=1S/C23H27N3O2/c1-4-25(5-2)16-17-26(20-14-10-7-11-15-20)23(27)21-18(3)28-24-22(21)19-12-8-6-9-13-19/h6-15H,4-5,16-17H2,1-3H3. The Morgan fingerprint density at radius 3 is 2.14 bits per heavy atom. The van der Waals surface area contributed by atoms with Gasteiger partial charge in [-0.05, 0) is 32.1 Å². The molecular weight excluding hydrogens is 350 g/mol. The van der Waals surface area contributed by atoms with Gasteiger partial charge in [-0.1, -0.05) is 67.5 Å². The van der Waals surface area contributed by atoms with Gasteiger partial charge in [0.05, 0.1) is 0 Å².